The van der Waals surface area contributed by atoms with Crippen LogP contribution < -0.4 is 10.6 Å². The van der Waals surface area contributed by atoms with Crippen LogP contribution in [-0.4, -0.2) is 29.4 Å². The van der Waals surface area contributed by atoms with Gasteiger partial charge in [-0.15, -0.1) is 0 Å². The van der Waals surface area contributed by atoms with E-state index in [-0.39, 0.29) is 18.7 Å². The molecule has 176 valence electrons. The fraction of sp³-hybridized carbons (Fsp3) is 0.409. The first-order chi connectivity index (χ1) is 14.7. The molecule has 10 heteroatoms. The van der Waals surface area contributed by atoms with E-state index in [2.05, 4.69) is 10.6 Å². The van der Waals surface area contributed by atoms with Gasteiger partial charge >= 0.3 is 12.3 Å². The molecular formula is C22H25F5N2O3. The van der Waals surface area contributed by atoms with Crippen LogP contribution >= 0.6 is 0 Å². The number of ether oxygens (including phenoxy) is 1. The first-order valence-corrected chi connectivity index (χ1v) is 9.75. The van der Waals surface area contributed by atoms with Crippen molar-refractivity contribution in [2.45, 2.75) is 51.2 Å². The number of rotatable bonds is 7. The Morgan fingerprint density at radius 2 is 1.69 bits per heavy atom. The van der Waals surface area contributed by atoms with E-state index in [1.165, 1.54) is 12.1 Å². The SMILES string of the molecule is CC(C)(C)OC(=O)N[C@@H](c1cc(F)cc(F)c1)[C@H](O)CNCc1cccc(C(F)(F)F)c1. The van der Waals surface area contributed by atoms with Crippen LogP contribution in [0.5, 0.6) is 0 Å². The van der Waals surface area contributed by atoms with Crippen LogP contribution in [0.1, 0.15) is 43.5 Å². The molecule has 0 saturated carbocycles. The molecule has 0 aliphatic carbocycles. The lowest BCUT2D eigenvalue weighted by atomic mass is 10.0. The fourth-order valence-corrected chi connectivity index (χ4v) is 2.93. The number of halogens is 5. The summed E-state index contributed by atoms with van der Waals surface area (Å²) in [5.74, 6) is -1.81. The summed E-state index contributed by atoms with van der Waals surface area (Å²) >= 11 is 0. The van der Waals surface area contributed by atoms with Crippen LogP contribution in [0.25, 0.3) is 0 Å². The van der Waals surface area contributed by atoms with Crippen molar-refractivity contribution >= 4 is 6.09 Å². The van der Waals surface area contributed by atoms with Crippen molar-refractivity contribution < 1.29 is 36.6 Å². The summed E-state index contributed by atoms with van der Waals surface area (Å²) < 4.78 is 71.1. The smallest absolute Gasteiger partial charge is 0.416 e. The second-order valence-electron chi connectivity index (χ2n) is 8.22. The monoisotopic (exact) mass is 460 g/mol. The van der Waals surface area contributed by atoms with Crippen molar-refractivity contribution in [3.63, 3.8) is 0 Å². The van der Waals surface area contributed by atoms with E-state index >= 15 is 0 Å². The van der Waals surface area contributed by atoms with Crippen LogP contribution in [0, 0.1) is 11.6 Å². The average molecular weight is 460 g/mol. The van der Waals surface area contributed by atoms with Gasteiger partial charge in [0.05, 0.1) is 17.7 Å². The van der Waals surface area contributed by atoms with Gasteiger partial charge in [0.1, 0.15) is 17.2 Å². The van der Waals surface area contributed by atoms with Gasteiger partial charge in [-0.1, -0.05) is 18.2 Å². The Bertz CT molecular complexity index is 908. The molecule has 0 unspecified atom stereocenters. The molecule has 0 aromatic heterocycles. The van der Waals surface area contributed by atoms with E-state index in [0.717, 1.165) is 24.3 Å². The number of aliphatic hydroxyl groups is 1. The molecule has 32 heavy (non-hydrogen) atoms. The van der Waals surface area contributed by atoms with Crippen molar-refractivity contribution in [2.24, 2.45) is 0 Å². The van der Waals surface area contributed by atoms with Gasteiger partial charge in [0.15, 0.2) is 0 Å². The van der Waals surface area contributed by atoms with Crippen LogP contribution in [0.4, 0.5) is 26.7 Å². The lowest BCUT2D eigenvalue weighted by molar-refractivity contribution is -0.137. The first kappa shape index (κ1) is 25.5. The maximum atomic E-state index is 13.7. The second-order valence-corrected chi connectivity index (χ2v) is 8.22. The number of alkyl halides is 3. The molecule has 0 spiro atoms. The van der Waals surface area contributed by atoms with E-state index in [1.54, 1.807) is 20.8 Å². The van der Waals surface area contributed by atoms with Crippen LogP contribution in [0.15, 0.2) is 42.5 Å². The number of nitrogens with one attached hydrogen (secondary N) is 2. The van der Waals surface area contributed by atoms with Crippen molar-refractivity contribution in [2.75, 3.05) is 6.54 Å². The highest BCUT2D eigenvalue weighted by atomic mass is 19.4. The third kappa shape index (κ3) is 8.08. The Labute approximate surface area is 182 Å². The molecule has 0 heterocycles. The maximum Gasteiger partial charge on any atom is 0.416 e. The third-order valence-electron chi connectivity index (χ3n) is 4.24. The number of hydrogen-bond acceptors (Lipinski definition) is 4. The molecular weight excluding hydrogens is 435 g/mol. The minimum Gasteiger partial charge on any atom is -0.444 e. The molecule has 5 nitrogen and oxygen atoms in total. The van der Waals surface area contributed by atoms with Gasteiger partial charge < -0.3 is 20.5 Å². The highest BCUT2D eigenvalue weighted by molar-refractivity contribution is 5.68. The standard InChI is InChI=1S/C22H25F5N2O3/c1-21(2,3)32-20(31)29-19(14-8-16(23)10-17(24)9-14)18(30)12-28-11-13-5-4-6-15(7-13)22(25,26)27/h4-10,18-19,28,30H,11-12H2,1-3H3,(H,29,31)/t18-,19+/m1/s1. The topological polar surface area (TPSA) is 70.6 Å². The molecule has 3 N–H and O–H groups in total. The van der Waals surface area contributed by atoms with Gasteiger partial charge in [0.2, 0.25) is 0 Å². The molecule has 2 atom stereocenters. The highest BCUT2D eigenvalue weighted by Gasteiger charge is 2.30. The van der Waals surface area contributed by atoms with Gasteiger partial charge in [0.25, 0.3) is 0 Å². The minimum absolute atomic E-state index is 0.0162. The molecule has 1 amide bonds. The van der Waals surface area contributed by atoms with Crippen LogP contribution in [-0.2, 0) is 17.5 Å². The van der Waals surface area contributed by atoms with Crippen molar-refractivity contribution in [1.82, 2.24) is 10.6 Å². The van der Waals surface area contributed by atoms with Gasteiger partial charge in [0, 0.05) is 19.2 Å². The Morgan fingerprint density at radius 3 is 2.25 bits per heavy atom. The van der Waals surface area contributed by atoms with Gasteiger partial charge in [-0.2, -0.15) is 13.2 Å². The molecule has 0 radical (unpaired) electrons. The van der Waals surface area contributed by atoms with E-state index < -0.39 is 47.2 Å². The summed E-state index contributed by atoms with van der Waals surface area (Å²) in [5, 5.41) is 15.8. The zero-order valence-corrected chi connectivity index (χ0v) is 17.8. The summed E-state index contributed by atoms with van der Waals surface area (Å²) in [6.07, 6.45) is -6.78. The second kappa shape index (κ2) is 10.3. The summed E-state index contributed by atoms with van der Waals surface area (Å²) in [6, 6.07) is 5.97. The van der Waals surface area contributed by atoms with Gasteiger partial charge in [-0.05, 0) is 50.1 Å². The van der Waals surface area contributed by atoms with Crippen LogP contribution in [0.3, 0.4) is 0 Å². The highest BCUT2D eigenvalue weighted by Crippen LogP contribution is 2.29. The number of benzene rings is 2. The Morgan fingerprint density at radius 1 is 1.06 bits per heavy atom. The lowest BCUT2D eigenvalue weighted by Crippen LogP contribution is -2.43. The summed E-state index contributed by atoms with van der Waals surface area (Å²) in [7, 11) is 0. The predicted octanol–water partition coefficient (Wildman–Crippen LogP) is 4.70. The Balaban J connectivity index is 2.12. The fourth-order valence-electron chi connectivity index (χ4n) is 2.93. The summed E-state index contributed by atoms with van der Waals surface area (Å²) in [6.45, 7) is 4.65. The largest absolute Gasteiger partial charge is 0.444 e. The van der Waals surface area contributed by atoms with Gasteiger partial charge in [-0.25, -0.2) is 13.6 Å². The molecule has 0 aliphatic rings. The number of alkyl carbamates (subject to hydrolysis) is 1. The molecule has 2 rings (SSSR count). The molecule has 0 bridgehead atoms. The molecule has 2 aromatic carbocycles. The van der Waals surface area contributed by atoms with E-state index in [4.69, 9.17) is 4.74 Å². The van der Waals surface area contributed by atoms with Gasteiger partial charge in [-0.3, -0.25) is 0 Å². The van der Waals surface area contributed by atoms with Crippen LogP contribution in [0.2, 0.25) is 0 Å². The predicted molar refractivity (Wildman–Crippen MR) is 108 cm³/mol. The average Bonchev–Trinajstić information content (AvgIpc) is 2.63. The Hall–Kier alpha value is -2.72. The number of carbonyl (C=O) groups is 1. The van der Waals surface area contributed by atoms with E-state index in [9.17, 15) is 31.9 Å². The molecule has 0 saturated heterocycles. The molecule has 0 fully saturated rings. The number of aliphatic hydroxyl groups excluding tert-OH is 1. The minimum atomic E-state index is -4.49. The lowest BCUT2D eigenvalue weighted by Gasteiger charge is -2.27. The van der Waals surface area contributed by atoms with E-state index in [1.807, 2.05) is 0 Å². The van der Waals surface area contributed by atoms with Crippen molar-refractivity contribution in [1.29, 1.82) is 0 Å². The molecule has 0 aliphatic heterocycles. The number of hydrogen-bond donors (Lipinski definition) is 3. The zero-order chi connectivity index (χ0) is 24.1. The third-order valence-corrected chi connectivity index (χ3v) is 4.24. The Kier molecular flexibility index (Phi) is 8.19. The van der Waals surface area contributed by atoms with Crippen molar-refractivity contribution in [3.05, 3.63) is 70.8 Å². The summed E-state index contributed by atoms with van der Waals surface area (Å²) in [4.78, 5) is 12.2. The quantitative estimate of drug-likeness (QED) is 0.524. The normalized spacial score (nSPS) is 14.0. The zero-order valence-electron chi connectivity index (χ0n) is 17.8. The number of carbonyl (C=O) groups excluding carboxylic acids is 1. The molecule has 2 aromatic rings. The first-order valence-electron chi connectivity index (χ1n) is 9.75. The number of amides is 1. The maximum absolute atomic E-state index is 13.7. The van der Waals surface area contributed by atoms with E-state index in [0.29, 0.717) is 11.6 Å². The summed E-state index contributed by atoms with van der Waals surface area (Å²) in [5.41, 5.74) is -1.38. The van der Waals surface area contributed by atoms with Crippen molar-refractivity contribution in [3.8, 4) is 0 Å².